The lowest BCUT2D eigenvalue weighted by Crippen LogP contribution is -2.34. The Morgan fingerprint density at radius 3 is 2.71 bits per heavy atom. The van der Waals surface area contributed by atoms with E-state index in [1.807, 2.05) is 37.4 Å². The molecule has 1 aliphatic rings. The van der Waals surface area contributed by atoms with Gasteiger partial charge in [-0.15, -0.1) is 0 Å². The predicted octanol–water partition coefficient (Wildman–Crippen LogP) is 3.88. The highest BCUT2D eigenvalue weighted by Gasteiger charge is 2.31. The third-order valence-corrected chi connectivity index (χ3v) is 4.52. The molecule has 1 aromatic carbocycles. The van der Waals surface area contributed by atoms with Crippen molar-refractivity contribution in [2.24, 2.45) is 0 Å². The topological polar surface area (TPSA) is 34.0 Å². The number of rotatable bonds is 4. The SMILES string of the molecule is CCn1cc(NC2CC(c3ccccc3Cl)C2)ccc1=O. The van der Waals surface area contributed by atoms with Crippen LogP contribution in [0.15, 0.2) is 47.4 Å². The van der Waals surface area contributed by atoms with E-state index in [1.54, 1.807) is 10.6 Å². The second-order valence-electron chi connectivity index (χ2n) is 5.57. The third kappa shape index (κ3) is 2.98. The van der Waals surface area contributed by atoms with Crippen molar-refractivity contribution in [3.05, 3.63) is 63.5 Å². The van der Waals surface area contributed by atoms with E-state index in [1.165, 1.54) is 5.56 Å². The van der Waals surface area contributed by atoms with Crippen molar-refractivity contribution in [3.8, 4) is 0 Å². The van der Waals surface area contributed by atoms with Gasteiger partial charge in [0.05, 0.1) is 5.69 Å². The Morgan fingerprint density at radius 2 is 2.00 bits per heavy atom. The number of aryl methyl sites for hydroxylation is 1. The zero-order valence-electron chi connectivity index (χ0n) is 12.1. The van der Waals surface area contributed by atoms with Crippen molar-refractivity contribution in [3.63, 3.8) is 0 Å². The molecule has 0 saturated heterocycles. The van der Waals surface area contributed by atoms with Gasteiger partial charge in [-0.25, -0.2) is 0 Å². The minimum atomic E-state index is 0.0469. The van der Waals surface area contributed by atoms with E-state index in [0.29, 0.717) is 18.5 Å². The quantitative estimate of drug-likeness (QED) is 0.930. The molecule has 1 fully saturated rings. The molecule has 4 heteroatoms. The Hall–Kier alpha value is -1.74. The molecule has 3 nitrogen and oxygen atoms in total. The number of halogens is 1. The summed E-state index contributed by atoms with van der Waals surface area (Å²) in [5.74, 6) is 0.535. The third-order valence-electron chi connectivity index (χ3n) is 4.18. The van der Waals surface area contributed by atoms with E-state index < -0.39 is 0 Å². The Morgan fingerprint density at radius 1 is 1.24 bits per heavy atom. The number of benzene rings is 1. The molecule has 1 heterocycles. The first-order valence-corrected chi connectivity index (χ1v) is 7.76. The summed E-state index contributed by atoms with van der Waals surface area (Å²) in [6, 6.07) is 12.0. The first-order chi connectivity index (χ1) is 10.2. The second kappa shape index (κ2) is 5.94. The minimum Gasteiger partial charge on any atom is -0.381 e. The van der Waals surface area contributed by atoms with Crippen LogP contribution in [0.1, 0.15) is 31.2 Å². The van der Waals surface area contributed by atoms with Gasteiger partial charge in [-0.05, 0) is 43.4 Å². The minimum absolute atomic E-state index is 0.0469. The highest BCUT2D eigenvalue weighted by molar-refractivity contribution is 6.31. The largest absolute Gasteiger partial charge is 0.381 e. The Kier molecular flexibility index (Phi) is 4.02. The highest BCUT2D eigenvalue weighted by atomic mass is 35.5. The van der Waals surface area contributed by atoms with Crippen LogP contribution in [0.2, 0.25) is 5.02 Å². The molecule has 1 aliphatic carbocycles. The van der Waals surface area contributed by atoms with E-state index in [4.69, 9.17) is 11.6 Å². The normalized spacial score (nSPS) is 20.9. The summed E-state index contributed by atoms with van der Waals surface area (Å²) in [6.45, 7) is 2.67. The van der Waals surface area contributed by atoms with Gasteiger partial charge in [0, 0.05) is 29.9 Å². The summed E-state index contributed by atoms with van der Waals surface area (Å²) < 4.78 is 1.71. The van der Waals surface area contributed by atoms with Crippen molar-refractivity contribution < 1.29 is 0 Å². The molecule has 1 aromatic heterocycles. The van der Waals surface area contributed by atoms with Crippen LogP contribution in [0, 0.1) is 0 Å². The number of aromatic nitrogens is 1. The first kappa shape index (κ1) is 14.2. The van der Waals surface area contributed by atoms with Crippen molar-refractivity contribution in [2.75, 3.05) is 5.32 Å². The Bertz CT molecular complexity index is 689. The van der Waals surface area contributed by atoms with Crippen LogP contribution in [0.25, 0.3) is 0 Å². The summed E-state index contributed by atoms with van der Waals surface area (Å²) in [5.41, 5.74) is 2.31. The second-order valence-corrected chi connectivity index (χ2v) is 5.98. The van der Waals surface area contributed by atoms with Gasteiger partial charge in [-0.3, -0.25) is 4.79 Å². The molecule has 0 aliphatic heterocycles. The van der Waals surface area contributed by atoms with Crippen LogP contribution in [-0.2, 0) is 6.54 Å². The summed E-state index contributed by atoms with van der Waals surface area (Å²) in [7, 11) is 0. The molecule has 1 N–H and O–H groups in total. The molecule has 110 valence electrons. The van der Waals surface area contributed by atoms with Crippen molar-refractivity contribution >= 4 is 17.3 Å². The number of nitrogens with one attached hydrogen (secondary N) is 1. The van der Waals surface area contributed by atoms with Gasteiger partial charge in [0.25, 0.3) is 5.56 Å². The molecule has 0 atom stereocenters. The molecule has 21 heavy (non-hydrogen) atoms. The number of nitrogens with zero attached hydrogens (tertiary/aromatic N) is 1. The maximum Gasteiger partial charge on any atom is 0.250 e. The van der Waals surface area contributed by atoms with Gasteiger partial charge in [0.15, 0.2) is 0 Å². The van der Waals surface area contributed by atoms with Crippen LogP contribution in [0.5, 0.6) is 0 Å². The molecular formula is C17H19ClN2O. The predicted molar refractivity (Wildman–Crippen MR) is 87.2 cm³/mol. The summed E-state index contributed by atoms with van der Waals surface area (Å²) >= 11 is 6.24. The molecule has 0 spiro atoms. The van der Waals surface area contributed by atoms with Crippen molar-refractivity contribution in [2.45, 2.75) is 38.3 Å². The maximum atomic E-state index is 11.6. The van der Waals surface area contributed by atoms with E-state index in [0.717, 1.165) is 23.6 Å². The van der Waals surface area contributed by atoms with Crippen molar-refractivity contribution in [1.29, 1.82) is 0 Å². The zero-order chi connectivity index (χ0) is 14.8. The molecule has 2 aromatic rings. The average molecular weight is 303 g/mol. The van der Waals surface area contributed by atoms with Crippen LogP contribution in [0.3, 0.4) is 0 Å². The van der Waals surface area contributed by atoms with Crippen LogP contribution < -0.4 is 10.9 Å². The molecule has 3 rings (SSSR count). The summed E-state index contributed by atoms with van der Waals surface area (Å²) in [5, 5.41) is 4.36. The van der Waals surface area contributed by atoms with E-state index in [9.17, 15) is 4.79 Å². The van der Waals surface area contributed by atoms with Gasteiger partial charge in [-0.1, -0.05) is 29.8 Å². The molecule has 0 bridgehead atoms. The molecule has 0 radical (unpaired) electrons. The first-order valence-electron chi connectivity index (χ1n) is 7.39. The molecular weight excluding hydrogens is 284 g/mol. The smallest absolute Gasteiger partial charge is 0.250 e. The Labute approximate surface area is 129 Å². The van der Waals surface area contributed by atoms with Crippen molar-refractivity contribution in [1.82, 2.24) is 4.57 Å². The monoisotopic (exact) mass is 302 g/mol. The Balaban J connectivity index is 1.63. The van der Waals surface area contributed by atoms with E-state index in [-0.39, 0.29) is 5.56 Å². The standard InChI is InChI=1S/C17H19ClN2O/c1-2-20-11-13(7-8-17(20)21)19-14-9-12(10-14)15-5-3-4-6-16(15)18/h3-8,11-12,14,19H,2,9-10H2,1H3. The van der Waals surface area contributed by atoms with Gasteiger partial charge in [-0.2, -0.15) is 0 Å². The lowest BCUT2D eigenvalue weighted by molar-refractivity contribution is 0.374. The maximum absolute atomic E-state index is 11.6. The number of pyridine rings is 1. The zero-order valence-corrected chi connectivity index (χ0v) is 12.8. The fourth-order valence-corrected chi connectivity index (χ4v) is 3.19. The van der Waals surface area contributed by atoms with Gasteiger partial charge < -0.3 is 9.88 Å². The van der Waals surface area contributed by atoms with Gasteiger partial charge >= 0.3 is 0 Å². The van der Waals surface area contributed by atoms with Gasteiger partial charge in [0.2, 0.25) is 0 Å². The summed E-state index contributed by atoms with van der Waals surface area (Å²) in [4.78, 5) is 11.6. The number of hydrogen-bond acceptors (Lipinski definition) is 2. The van der Waals surface area contributed by atoms with Crippen LogP contribution >= 0.6 is 11.6 Å². The molecule has 0 unspecified atom stereocenters. The molecule has 1 saturated carbocycles. The summed E-state index contributed by atoms with van der Waals surface area (Å²) in [6.07, 6.45) is 4.05. The molecule has 0 amide bonds. The lowest BCUT2D eigenvalue weighted by atomic mass is 9.76. The van der Waals surface area contributed by atoms with Crippen LogP contribution in [0.4, 0.5) is 5.69 Å². The van der Waals surface area contributed by atoms with Gasteiger partial charge in [0.1, 0.15) is 0 Å². The highest BCUT2D eigenvalue weighted by Crippen LogP contribution is 2.41. The van der Waals surface area contributed by atoms with Crippen LogP contribution in [-0.4, -0.2) is 10.6 Å². The van der Waals surface area contributed by atoms with E-state index in [2.05, 4.69) is 11.4 Å². The number of hydrogen-bond donors (Lipinski definition) is 1. The fourth-order valence-electron chi connectivity index (χ4n) is 2.90. The average Bonchev–Trinajstić information content (AvgIpc) is 2.45. The van der Waals surface area contributed by atoms with E-state index >= 15 is 0 Å². The lowest BCUT2D eigenvalue weighted by Gasteiger charge is -2.37. The fraction of sp³-hybridized carbons (Fsp3) is 0.353. The number of anilines is 1.